The van der Waals surface area contributed by atoms with Crippen LogP contribution in [0.1, 0.15) is 52.9 Å². The van der Waals surface area contributed by atoms with Crippen molar-refractivity contribution < 1.29 is 28.5 Å². The van der Waals surface area contributed by atoms with E-state index in [4.69, 9.17) is 23.7 Å². The largest absolute Gasteiger partial charge is 0.493 e. The van der Waals surface area contributed by atoms with E-state index in [9.17, 15) is 4.79 Å². The number of allylic oxidation sites excluding steroid dienone is 5. The Morgan fingerprint density at radius 3 is 2.69 bits per heavy atom. The highest BCUT2D eigenvalue weighted by atomic mass is 16.9. The smallest absolute Gasteiger partial charge is 0.226 e. The lowest BCUT2D eigenvalue weighted by Gasteiger charge is -2.58. The maximum atomic E-state index is 11.9. The van der Waals surface area contributed by atoms with E-state index in [1.807, 2.05) is 6.92 Å². The van der Waals surface area contributed by atoms with Crippen LogP contribution in [0.25, 0.3) is 0 Å². The van der Waals surface area contributed by atoms with Crippen LogP contribution >= 0.6 is 0 Å². The molecule has 0 aromatic heterocycles. The third-order valence-corrected chi connectivity index (χ3v) is 9.91. The molecule has 6 rings (SSSR count). The minimum absolute atomic E-state index is 0.0469. The van der Waals surface area contributed by atoms with Gasteiger partial charge >= 0.3 is 0 Å². The molecule has 0 aromatic carbocycles. The Labute approximate surface area is 189 Å². The van der Waals surface area contributed by atoms with Crippen molar-refractivity contribution in [2.24, 2.45) is 28.6 Å². The van der Waals surface area contributed by atoms with E-state index in [1.54, 1.807) is 0 Å². The molecule has 2 saturated carbocycles. The van der Waals surface area contributed by atoms with Gasteiger partial charge in [0, 0.05) is 16.4 Å². The molecule has 0 N–H and O–H groups in total. The van der Waals surface area contributed by atoms with Gasteiger partial charge in [-0.25, -0.2) is 0 Å². The Kier molecular flexibility index (Phi) is 4.62. The van der Waals surface area contributed by atoms with E-state index >= 15 is 0 Å². The van der Waals surface area contributed by atoms with Gasteiger partial charge in [0.2, 0.25) is 5.79 Å². The Balaban J connectivity index is 1.37. The summed E-state index contributed by atoms with van der Waals surface area (Å²) >= 11 is 0. The first kappa shape index (κ1) is 21.1. The zero-order valence-electron chi connectivity index (χ0n) is 19.4. The summed E-state index contributed by atoms with van der Waals surface area (Å²) in [5.74, 6) is 1.39. The van der Waals surface area contributed by atoms with E-state index in [1.165, 1.54) is 5.57 Å². The van der Waals surface area contributed by atoms with Gasteiger partial charge in [0.1, 0.15) is 24.3 Å². The molecular formula is C26H34O6. The third-order valence-electron chi connectivity index (χ3n) is 9.91. The van der Waals surface area contributed by atoms with Crippen molar-refractivity contribution in [1.29, 1.82) is 0 Å². The molecule has 4 fully saturated rings. The van der Waals surface area contributed by atoms with Gasteiger partial charge in [-0.2, -0.15) is 0 Å². The average Bonchev–Trinajstić information content (AvgIpc) is 3.48. The molecule has 4 aliphatic carbocycles. The van der Waals surface area contributed by atoms with Crippen LogP contribution in [0, 0.1) is 28.6 Å². The summed E-state index contributed by atoms with van der Waals surface area (Å²) in [6.45, 7) is 8.27. The molecule has 0 radical (unpaired) electrons. The van der Waals surface area contributed by atoms with Gasteiger partial charge in [0.15, 0.2) is 13.6 Å². The lowest BCUT2D eigenvalue weighted by molar-refractivity contribution is -0.246. The quantitative estimate of drug-likeness (QED) is 0.609. The number of aldehydes is 1. The van der Waals surface area contributed by atoms with Crippen molar-refractivity contribution in [3.8, 4) is 0 Å². The molecule has 0 amide bonds. The predicted molar refractivity (Wildman–Crippen MR) is 116 cm³/mol. The van der Waals surface area contributed by atoms with Gasteiger partial charge in [-0.1, -0.05) is 26.0 Å². The van der Waals surface area contributed by atoms with E-state index < -0.39 is 11.4 Å². The molecule has 2 saturated heterocycles. The fourth-order valence-corrected chi connectivity index (χ4v) is 8.36. The number of carbonyl (C=O) groups excluding carboxylic acids is 1. The van der Waals surface area contributed by atoms with Crippen LogP contribution in [0.5, 0.6) is 0 Å². The molecule has 6 nitrogen and oxygen atoms in total. The van der Waals surface area contributed by atoms with Crippen LogP contribution < -0.4 is 0 Å². The topological polar surface area (TPSA) is 63.2 Å². The van der Waals surface area contributed by atoms with Crippen molar-refractivity contribution in [2.75, 3.05) is 26.8 Å². The molecule has 2 aliphatic heterocycles. The molecule has 32 heavy (non-hydrogen) atoms. The number of hydrogen-bond donors (Lipinski definition) is 0. The summed E-state index contributed by atoms with van der Waals surface area (Å²) in [5.41, 5.74) is 1.54. The first-order valence-electron chi connectivity index (χ1n) is 12.1. The maximum Gasteiger partial charge on any atom is 0.226 e. The molecule has 7 unspecified atom stereocenters. The second kappa shape index (κ2) is 7.02. The summed E-state index contributed by atoms with van der Waals surface area (Å²) in [5, 5.41) is 0. The van der Waals surface area contributed by atoms with Crippen molar-refractivity contribution in [2.45, 2.75) is 64.3 Å². The summed E-state index contributed by atoms with van der Waals surface area (Å²) in [4.78, 5) is 11.9. The van der Waals surface area contributed by atoms with Gasteiger partial charge < -0.3 is 23.7 Å². The highest BCUT2D eigenvalue weighted by molar-refractivity contribution is 5.76. The number of ether oxygens (including phenoxy) is 5. The SMILES string of the molecule is CCOC1=C(C=O)CC2(C)C(=C1)C=CC1C2CCC2(C)C1CCC21OCOC12COCO2. The lowest BCUT2D eigenvalue weighted by atomic mass is 9.47. The molecule has 2 spiro atoms. The molecule has 0 bridgehead atoms. The highest BCUT2D eigenvalue weighted by Gasteiger charge is 2.75. The van der Waals surface area contributed by atoms with E-state index in [-0.39, 0.29) is 24.4 Å². The zero-order valence-corrected chi connectivity index (χ0v) is 19.4. The number of rotatable bonds is 3. The summed E-state index contributed by atoms with van der Waals surface area (Å²) in [7, 11) is 0. The van der Waals surface area contributed by atoms with Crippen molar-refractivity contribution in [1.82, 2.24) is 0 Å². The third kappa shape index (κ3) is 2.42. The van der Waals surface area contributed by atoms with Gasteiger partial charge in [-0.3, -0.25) is 4.79 Å². The minimum Gasteiger partial charge on any atom is -0.493 e. The minimum atomic E-state index is -0.776. The number of carbonyl (C=O) groups is 1. The normalized spacial score (nSPS) is 49.2. The van der Waals surface area contributed by atoms with Gasteiger partial charge in [-0.15, -0.1) is 0 Å². The van der Waals surface area contributed by atoms with E-state index in [0.717, 1.165) is 49.7 Å². The van der Waals surface area contributed by atoms with Crippen LogP contribution in [-0.4, -0.2) is 44.5 Å². The Bertz CT molecular complexity index is 908. The fourth-order valence-electron chi connectivity index (χ4n) is 8.36. The molecule has 0 aromatic rings. The van der Waals surface area contributed by atoms with E-state index in [2.05, 4.69) is 32.1 Å². The Hall–Kier alpha value is -1.47. The highest BCUT2D eigenvalue weighted by Crippen LogP contribution is 2.70. The summed E-state index contributed by atoms with van der Waals surface area (Å²) in [6, 6.07) is 0. The molecule has 174 valence electrons. The number of hydrogen-bond acceptors (Lipinski definition) is 6. The van der Waals surface area contributed by atoms with E-state index in [0.29, 0.717) is 31.0 Å². The fraction of sp³-hybridized carbons (Fsp3) is 0.731. The van der Waals surface area contributed by atoms with Crippen LogP contribution in [-0.2, 0) is 28.5 Å². The maximum absolute atomic E-state index is 11.9. The van der Waals surface area contributed by atoms with Crippen molar-refractivity contribution in [3.05, 3.63) is 35.1 Å². The van der Waals surface area contributed by atoms with Crippen LogP contribution in [0.2, 0.25) is 0 Å². The van der Waals surface area contributed by atoms with Crippen molar-refractivity contribution in [3.63, 3.8) is 0 Å². The monoisotopic (exact) mass is 442 g/mol. The van der Waals surface area contributed by atoms with Gasteiger partial charge in [0.25, 0.3) is 0 Å². The van der Waals surface area contributed by atoms with Gasteiger partial charge in [-0.05, 0) is 68.4 Å². The van der Waals surface area contributed by atoms with Crippen LogP contribution in [0.4, 0.5) is 0 Å². The van der Waals surface area contributed by atoms with Crippen LogP contribution in [0.15, 0.2) is 35.1 Å². The lowest BCUT2D eigenvalue weighted by Crippen LogP contribution is -2.63. The standard InChI is InChI=1S/C26H34O6/c1-4-29-22-11-18-5-6-19-20(23(18,2)12-17(22)13-27)7-9-24(3)21(19)8-10-25(24)26(32-16-30-25)14-28-15-31-26/h5-6,11,13,19-21H,4,7-10,12,14-16H2,1-3H3. The Morgan fingerprint density at radius 1 is 1.12 bits per heavy atom. The molecular weight excluding hydrogens is 408 g/mol. The first-order valence-corrected chi connectivity index (χ1v) is 12.1. The first-order chi connectivity index (χ1) is 15.4. The zero-order chi connectivity index (χ0) is 22.2. The Morgan fingerprint density at radius 2 is 1.94 bits per heavy atom. The summed E-state index contributed by atoms with van der Waals surface area (Å²) < 4.78 is 30.1. The van der Waals surface area contributed by atoms with Gasteiger partial charge in [0.05, 0.1) is 6.61 Å². The average molecular weight is 443 g/mol. The number of fused-ring (bicyclic) bond motifs is 7. The second-order valence-electron chi connectivity index (χ2n) is 10.9. The molecule has 7 atom stereocenters. The second-order valence-corrected chi connectivity index (χ2v) is 10.9. The summed E-state index contributed by atoms with van der Waals surface area (Å²) in [6.07, 6.45) is 12.8. The molecule has 6 aliphatic rings. The van der Waals surface area contributed by atoms with Crippen molar-refractivity contribution >= 4 is 6.29 Å². The molecule has 2 heterocycles. The molecule has 6 heteroatoms. The predicted octanol–water partition coefficient (Wildman–Crippen LogP) is 4.27. The van der Waals surface area contributed by atoms with Crippen LogP contribution in [0.3, 0.4) is 0 Å².